The number of thiophene rings is 1. The normalized spacial score (nSPS) is 12.7. The van der Waals surface area contributed by atoms with Gasteiger partial charge in [0, 0.05) is 24.3 Å². The van der Waals surface area contributed by atoms with E-state index >= 15 is 0 Å². The Hall–Kier alpha value is -2.90. The molecule has 1 aromatic heterocycles. The van der Waals surface area contributed by atoms with Gasteiger partial charge in [0.05, 0.1) is 36.7 Å². The molecular formula is C21H27N3O8S. The lowest BCUT2D eigenvalue weighted by molar-refractivity contribution is -0.384. The summed E-state index contributed by atoms with van der Waals surface area (Å²) in [5.74, 6) is -1.91. The minimum atomic E-state index is -0.772. The maximum absolute atomic E-state index is 12.7. The molecule has 0 aliphatic carbocycles. The number of carbonyl (C=O) groups is 2. The first-order valence-electron chi connectivity index (χ1n) is 10.2. The van der Waals surface area contributed by atoms with Crippen LogP contribution in [0.3, 0.4) is 0 Å². The van der Waals surface area contributed by atoms with Gasteiger partial charge in [0.1, 0.15) is 6.79 Å². The topological polar surface area (TPSA) is 149 Å². The van der Waals surface area contributed by atoms with Crippen molar-refractivity contribution in [3.8, 4) is 0 Å². The molecule has 180 valence electrons. The van der Waals surface area contributed by atoms with Crippen LogP contribution >= 0.6 is 11.3 Å². The van der Waals surface area contributed by atoms with Crippen molar-refractivity contribution in [2.45, 2.75) is 26.0 Å². The molecule has 12 heteroatoms. The summed E-state index contributed by atoms with van der Waals surface area (Å²) in [6, 6.07) is 6.42. The number of benzene rings is 1. The van der Waals surface area contributed by atoms with Crippen LogP contribution in [0.25, 0.3) is 0 Å². The summed E-state index contributed by atoms with van der Waals surface area (Å²) in [6.45, 7) is 2.62. The number of nitro groups is 1. The smallest absolute Gasteiger partial charge is 0.269 e. The molecule has 1 aromatic carbocycles. The summed E-state index contributed by atoms with van der Waals surface area (Å²) in [5, 5.41) is 26.6. The maximum Gasteiger partial charge on any atom is 0.269 e. The van der Waals surface area contributed by atoms with Gasteiger partial charge in [-0.05, 0) is 47.9 Å². The van der Waals surface area contributed by atoms with E-state index in [4.69, 9.17) is 19.4 Å². The van der Waals surface area contributed by atoms with E-state index in [0.29, 0.717) is 13.2 Å². The zero-order chi connectivity index (χ0) is 24.1. The molecule has 0 aliphatic rings. The fourth-order valence-electron chi connectivity index (χ4n) is 2.88. The van der Waals surface area contributed by atoms with E-state index < -0.39 is 28.7 Å². The average molecular weight is 482 g/mol. The number of nitrogens with one attached hydrogen (secondary N) is 2. The summed E-state index contributed by atoms with van der Waals surface area (Å²) >= 11 is 1.53. The molecule has 2 amide bonds. The van der Waals surface area contributed by atoms with Crippen molar-refractivity contribution in [1.82, 2.24) is 10.8 Å². The molecule has 1 heterocycles. The van der Waals surface area contributed by atoms with E-state index in [0.717, 1.165) is 5.56 Å². The number of nitro benzene ring substituents is 1. The van der Waals surface area contributed by atoms with E-state index in [-0.39, 0.29) is 37.7 Å². The summed E-state index contributed by atoms with van der Waals surface area (Å²) in [4.78, 5) is 35.1. The molecule has 0 saturated heterocycles. The van der Waals surface area contributed by atoms with E-state index in [9.17, 15) is 19.7 Å². The van der Waals surface area contributed by atoms with Crippen LogP contribution in [0, 0.1) is 16.0 Å². The number of ether oxygens (including phenoxy) is 3. The zero-order valence-electron chi connectivity index (χ0n) is 18.1. The van der Waals surface area contributed by atoms with Crippen molar-refractivity contribution in [3.05, 3.63) is 62.3 Å². The van der Waals surface area contributed by atoms with Crippen LogP contribution in [0.2, 0.25) is 0 Å². The number of hydrogen-bond acceptors (Lipinski definition) is 9. The molecule has 0 unspecified atom stereocenters. The quantitative estimate of drug-likeness (QED) is 0.115. The van der Waals surface area contributed by atoms with Gasteiger partial charge in [0.25, 0.3) is 11.6 Å². The second-order valence-electron chi connectivity index (χ2n) is 7.01. The molecule has 3 N–H and O–H groups in total. The lowest BCUT2D eigenvalue weighted by Gasteiger charge is -2.23. The standard InChI is InChI=1S/C21H27N3O8S/c1-2-30-14-32-12-18(22-20(25)16-3-5-19(6-4-16)24(28)29)9-17(21(26)23-27)11-31-10-15-7-8-33-13-15/h3-8,13,17-18,27H,2,9-12,14H2,1H3,(H,22,25)(H,23,26)/t17-,18+/m1/s1. The molecule has 0 aliphatic heterocycles. The minimum Gasteiger partial charge on any atom is -0.376 e. The van der Waals surface area contributed by atoms with E-state index in [2.05, 4.69) is 5.32 Å². The Morgan fingerprint density at radius 1 is 1.15 bits per heavy atom. The number of carbonyl (C=O) groups excluding carboxylic acids is 2. The van der Waals surface area contributed by atoms with Crippen LogP contribution in [-0.4, -0.2) is 54.6 Å². The van der Waals surface area contributed by atoms with Gasteiger partial charge in [-0.1, -0.05) is 0 Å². The van der Waals surface area contributed by atoms with Crippen molar-refractivity contribution in [2.75, 3.05) is 26.6 Å². The number of amides is 2. The van der Waals surface area contributed by atoms with Gasteiger partial charge in [-0.3, -0.25) is 24.9 Å². The predicted molar refractivity (Wildman–Crippen MR) is 119 cm³/mol. The van der Waals surface area contributed by atoms with Crippen LogP contribution in [0.5, 0.6) is 0 Å². The number of rotatable bonds is 15. The lowest BCUT2D eigenvalue weighted by Crippen LogP contribution is -2.43. The highest BCUT2D eigenvalue weighted by molar-refractivity contribution is 7.07. The van der Waals surface area contributed by atoms with Gasteiger partial charge in [-0.25, -0.2) is 5.48 Å². The molecule has 11 nitrogen and oxygen atoms in total. The van der Waals surface area contributed by atoms with Gasteiger partial charge >= 0.3 is 0 Å². The van der Waals surface area contributed by atoms with Crippen LogP contribution in [-0.2, 0) is 25.6 Å². The average Bonchev–Trinajstić information content (AvgIpc) is 3.34. The van der Waals surface area contributed by atoms with Gasteiger partial charge in [-0.15, -0.1) is 0 Å². The van der Waals surface area contributed by atoms with Crippen molar-refractivity contribution in [2.24, 2.45) is 5.92 Å². The Balaban J connectivity index is 2.03. The van der Waals surface area contributed by atoms with E-state index in [1.165, 1.54) is 35.6 Å². The number of hydroxylamine groups is 1. The van der Waals surface area contributed by atoms with Gasteiger partial charge < -0.3 is 19.5 Å². The Kier molecular flexibility index (Phi) is 11.4. The molecule has 0 bridgehead atoms. The fourth-order valence-corrected chi connectivity index (χ4v) is 3.54. The Labute approximate surface area is 194 Å². The molecule has 2 atom stereocenters. The van der Waals surface area contributed by atoms with Gasteiger partial charge in [0.2, 0.25) is 5.91 Å². The Morgan fingerprint density at radius 3 is 2.52 bits per heavy atom. The minimum absolute atomic E-state index is 0.00587. The van der Waals surface area contributed by atoms with Crippen molar-refractivity contribution < 1.29 is 33.9 Å². The molecule has 2 rings (SSSR count). The second-order valence-corrected chi connectivity index (χ2v) is 7.79. The van der Waals surface area contributed by atoms with Crippen LogP contribution in [0.4, 0.5) is 5.69 Å². The highest BCUT2D eigenvalue weighted by atomic mass is 32.1. The third-order valence-electron chi connectivity index (χ3n) is 4.58. The van der Waals surface area contributed by atoms with Crippen molar-refractivity contribution >= 4 is 28.8 Å². The summed E-state index contributed by atoms with van der Waals surface area (Å²) in [7, 11) is 0. The van der Waals surface area contributed by atoms with Crippen molar-refractivity contribution in [3.63, 3.8) is 0 Å². The Morgan fingerprint density at radius 2 is 1.91 bits per heavy atom. The lowest BCUT2D eigenvalue weighted by atomic mass is 9.99. The number of nitrogens with zero attached hydrogens (tertiary/aromatic N) is 1. The number of non-ortho nitro benzene ring substituents is 1. The molecule has 33 heavy (non-hydrogen) atoms. The fraction of sp³-hybridized carbons (Fsp3) is 0.429. The van der Waals surface area contributed by atoms with Gasteiger partial charge in [0.15, 0.2) is 0 Å². The molecule has 0 radical (unpaired) electrons. The van der Waals surface area contributed by atoms with Crippen molar-refractivity contribution in [1.29, 1.82) is 0 Å². The molecule has 2 aromatic rings. The van der Waals surface area contributed by atoms with Gasteiger partial charge in [-0.2, -0.15) is 11.3 Å². The number of hydrogen-bond donors (Lipinski definition) is 3. The highest BCUT2D eigenvalue weighted by Gasteiger charge is 2.25. The second kappa shape index (κ2) is 14.3. The summed E-state index contributed by atoms with van der Waals surface area (Å²) in [5.41, 5.74) is 2.68. The molecule has 0 fully saturated rings. The predicted octanol–water partition coefficient (Wildman–Crippen LogP) is 2.49. The van der Waals surface area contributed by atoms with E-state index in [1.54, 1.807) is 5.48 Å². The SMILES string of the molecule is CCOCOC[C@H](C[C@H](COCc1ccsc1)C(=O)NO)NC(=O)c1ccc([N+](=O)[O-])cc1. The highest BCUT2D eigenvalue weighted by Crippen LogP contribution is 2.15. The molecular weight excluding hydrogens is 454 g/mol. The van der Waals surface area contributed by atoms with Crippen LogP contribution in [0.15, 0.2) is 41.1 Å². The summed E-state index contributed by atoms with van der Waals surface area (Å²) in [6.07, 6.45) is 0.112. The molecule has 0 spiro atoms. The van der Waals surface area contributed by atoms with Crippen LogP contribution < -0.4 is 10.8 Å². The first-order chi connectivity index (χ1) is 15.9. The third-order valence-corrected chi connectivity index (χ3v) is 5.32. The maximum atomic E-state index is 12.7. The Bertz CT molecular complexity index is 876. The zero-order valence-corrected chi connectivity index (χ0v) is 18.9. The van der Waals surface area contributed by atoms with E-state index in [1.807, 2.05) is 23.8 Å². The third kappa shape index (κ3) is 9.24. The monoisotopic (exact) mass is 481 g/mol. The first kappa shape index (κ1) is 26.4. The molecule has 0 saturated carbocycles. The van der Waals surface area contributed by atoms with Crippen LogP contribution in [0.1, 0.15) is 29.3 Å². The largest absolute Gasteiger partial charge is 0.376 e. The summed E-state index contributed by atoms with van der Waals surface area (Å²) < 4.78 is 16.2. The first-order valence-corrected chi connectivity index (χ1v) is 11.1.